The van der Waals surface area contributed by atoms with Crippen LogP contribution in [0.1, 0.15) is 12.8 Å². The van der Waals surface area contributed by atoms with E-state index in [0.717, 1.165) is 13.0 Å². The van der Waals surface area contributed by atoms with E-state index in [0.29, 0.717) is 6.42 Å². The molecule has 2 saturated heterocycles. The highest BCUT2D eigenvalue weighted by molar-refractivity contribution is 5.78. The van der Waals surface area contributed by atoms with Crippen molar-refractivity contribution in [3.63, 3.8) is 0 Å². The van der Waals surface area contributed by atoms with Crippen molar-refractivity contribution < 1.29 is 14.6 Å². The lowest BCUT2D eigenvalue weighted by Gasteiger charge is -2.18. The Morgan fingerprint density at radius 1 is 1.75 bits per heavy atom. The van der Waals surface area contributed by atoms with E-state index >= 15 is 0 Å². The van der Waals surface area contributed by atoms with Gasteiger partial charge in [0.2, 0.25) is 5.91 Å². The molecule has 1 unspecified atom stereocenters. The zero-order valence-electron chi connectivity index (χ0n) is 6.82. The molecule has 2 heterocycles. The number of carbonyl (C=O) groups excluding carboxylic acids is 1. The third-order valence-corrected chi connectivity index (χ3v) is 2.59. The lowest BCUT2D eigenvalue weighted by molar-refractivity contribution is -0.119. The van der Waals surface area contributed by atoms with E-state index in [1.54, 1.807) is 0 Å². The maximum Gasteiger partial charge on any atom is 0.220 e. The third-order valence-electron chi connectivity index (χ3n) is 2.59. The number of aliphatic hydroxyl groups is 1. The van der Waals surface area contributed by atoms with Gasteiger partial charge in [-0.25, -0.2) is 0 Å². The van der Waals surface area contributed by atoms with Crippen LogP contribution in [0.15, 0.2) is 0 Å². The molecule has 0 aliphatic carbocycles. The minimum Gasteiger partial charge on any atom is -0.396 e. The van der Waals surface area contributed by atoms with Gasteiger partial charge in [0, 0.05) is 18.4 Å². The molecular formula is C8H13NO3. The lowest BCUT2D eigenvalue weighted by Crippen LogP contribution is -2.37. The largest absolute Gasteiger partial charge is 0.396 e. The van der Waals surface area contributed by atoms with Crippen molar-refractivity contribution >= 4 is 5.91 Å². The number of ether oxygens (including phenoxy) is 1. The first-order valence-electron chi connectivity index (χ1n) is 4.33. The Labute approximate surface area is 70.9 Å². The summed E-state index contributed by atoms with van der Waals surface area (Å²) in [4.78, 5) is 10.9. The van der Waals surface area contributed by atoms with Crippen LogP contribution in [-0.2, 0) is 9.53 Å². The fourth-order valence-corrected chi connectivity index (χ4v) is 1.77. The van der Waals surface area contributed by atoms with Crippen molar-refractivity contribution in [2.45, 2.75) is 25.0 Å². The Morgan fingerprint density at radius 3 is 2.92 bits per heavy atom. The van der Waals surface area contributed by atoms with Crippen molar-refractivity contribution in [3.05, 3.63) is 0 Å². The van der Waals surface area contributed by atoms with E-state index in [-0.39, 0.29) is 30.6 Å². The van der Waals surface area contributed by atoms with Crippen LogP contribution < -0.4 is 5.32 Å². The van der Waals surface area contributed by atoms with Crippen molar-refractivity contribution in [1.29, 1.82) is 0 Å². The topological polar surface area (TPSA) is 61.9 Å². The maximum atomic E-state index is 10.9. The highest BCUT2D eigenvalue weighted by Gasteiger charge is 2.40. The molecule has 0 saturated carbocycles. The number of aliphatic hydroxyl groups excluding tert-OH is 1. The number of carbonyl (C=O) groups is 1. The average Bonchev–Trinajstić information content (AvgIpc) is 2.78. The van der Waals surface area contributed by atoms with E-state index in [4.69, 9.17) is 9.84 Å². The molecular weight excluding hydrogens is 158 g/mol. The first-order chi connectivity index (χ1) is 5.81. The SMILES string of the molecule is O=C1CC[C@H](C(CO)[C@@H]2CO2)N1. The fraction of sp³-hybridized carbons (Fsp3) is 0.875. The summed E-state index contributed by atoms with van der Waals surface area (Å²) in [5.41, 5.74) is 0. The smallest absolute Gasteiger partial charge is 0.220 e. The minimum atomic E-state index is 0.0964. The quantitative estimate of drug-likeness (QED) is 0.550. The van der Waals surface area contributed by atoms with Gasteiger partial charge in [-0.15, -0.1) is 0 Å². The van der Waals surface area contributed by atoms with Gasteiger partial charge in [-0.1, -0.05) is 0 Å². The van der Waals surface area contributed by atoms with Crippen LogP contribution in [0.5, 0.6) is 0 Å². The van der Waals surface area contributed by atoms with E-state index < -0.39 is 0 Å². The summed E-state index contributed by atoms with van der Waals surface area (Å²) < 4.78 is 5.10. The number of nitrogens with one attached hydrogen (secondary N) is 1. The molecule has 2 fully saturated rings. The second kappa shape index (κ2) is 3.03. The number of amides is 1. The van der Waals surface area contributed by atoms with E-state index in [2.05, 4.69) is 5.32 Å². The van der Waals surface area contributed by atoms with Crippen LogP contribution in [0, 0.1) is 5.92 Å². The summed E-state index contributed by atoms with van der Waals surface area (Å²) in [6, 6.07) is 0.134. The molecule has 0 aromatic carbocycles. The first-order valence-corrected chi connectivity index (χ1v) is 4.33. The van der Waals surface area contributed by atoms with Gasteiger partial charge in [0.15, 0.2) is 0 Å². The van der Waals surface area contributed by atoms with Crippen molar-refractivity contribution in [1.82, 2.24) is 5.32 Å². The molecule has 4 heteroatoms. The number of rotatable bonds is 3. The Kier molecular flexibility index (Phi) is 2.02. The van der Waals surface area contributed by atoms with Crippen LogP contribution in [0.3, 0.4) is 0 Å². The van der Waals surface area contributed by atoms with Gasteiger partial charge in [-0.2, -0.15) is 0 Å². The molecule has 1 amide bonds. The lowest BCUT2D eigenvalue weighted by atomic mass is 9.96. The molecule has 2 rings (SSSR count). The minimum absolute atomic E-state index is 0.0964. The maximum absolute atomic E-state index is 10.9. The van der Waals surface area contributed by atoms with Crippen LogP contribution in [-0.4, -0.2) is 36.4 Å². The molecule has 12 heavy (non-hydrogen) atoms. The standard InChI is InChI=1S/C8H13NO3/c10-3-5(7-4-12-7)6-1-2-8(11)9-6/h5-7,10H,1-4H2,(H,9,11)/t5?,6-,7+/m1/s1. The number of epoxide rings is 1. The second-order valence-corrected chi connectivity index (χ2v) is 3.43. The Balaban J connectivity index is 1.92. The summed E-state index contributed by atoms with van der Waals surface area (Å²) in [6.45, 7) is 0.840. The Morgan fingerprint density at radius 2 is 2.50 bits per heavy atom. The van der Waals surface area contributed by atoms with Crippen LogP contribution in [0.25, 0.3) is 0 Å². The molecule has 68 valence electrons. The summed E-state index contributed by atoms with van der Waals surface area (Å²) in [6.07, 6.45) is 1.61. The second-order valence-electron chi connectivity index (χ2n) is 3.43. The monoisotopic (exact) mass is 171 g/mol. The first kappa shape index (κ1) is 8.01. The van der Waals surface area contributed by atoms with Gasteiger partial charge in [0.1, 0.15) is 0 Å². The molecule has 2 aliphatic heterocycles. The van der Waals surface area contributed by atoms with Crippen LogP contribution in [0.2, 0.25) is 0 Å². The van der Waals surface area contributed by atoms with Gasteiger partial charge < -0.3 is 15.2 Å². The molecule has 4 nitrogen and oxygen atoms in total. The van der Waals surface area contributed by atoms with Gasteiger partial charge in [-0.3, -0.25) is 4.79 Å². The highest BCUT2D eigenvalue weighted by atomic mass is 16.6. The molecule has 0 spiro atoms. The van der Waals surface area contributed by atoms with Crippen molar-refractivity contribution in [3.8, 4) is 0 Å². The zero-order chi connectivity index (χ0) is 8.55. The van der Waals surface area contributed by atoms with E-state index in [1.807, 2.05) is 0 Å². The zero-order valence-corrected chi connectivity index (χ0v) is 6.82. The van der Waals surface area contributed by atoms with Gasteiger partial charge in [0.05, 0.1) is 19.3 Å². The van der Waals surface area contributed by atoms with Crippen LogP contribution in [0.4, 0.5) is 0 Å². The Hall–Kier alpha value is -0.610. The summed E-state index contributed by atoms with van der Waals surface area (Å²) in [7, 11) is 0. The van der Waals surface area contributed by atoms with E-state index in [1.165, 1.54) is 0 Å². The van der Waals surface area contributed by atoms with Gasteiger partial charge in [0.25, 0.3) is 0 Å². The number of hydrogen-bond donors (Lipinski definition) is 2. The van der Waals surface area contributed by atoms with Gasteiger partial charge >= 0.3 is 0 Å². The fourth-order valence-electron chi connectivity index (χ4n) is 1.77. The molecule has 0 aromatic heterocycles. The molecule has 2 aliphatic rings. The molecule has 0 radical (unpaired) electrons. The Bertz CT molecular complexity index is 191. The molecule has 0 aromatic rings. The highest BCUT2D eigenvalue weighted by Crippen LogP contribution is 2.27. The van der Waals surface area contributed by atoms with E-state index in [9.17, 15) is 4.79 Å². The molecule has 0 bridgehead atoms. The van der Waals surface area contributed by atoms with Gasteiger partial charge in [-0.05, 0) is 6.42 Å². The summed E-state index contributed by atoms with van der Waals surface area (Å²) >= 11 is 0. The van der Waals surface area contributed by atoms with Crippen molar-refractivity contribution in [2.24, 2.45) is 5.92 Å². The molecule has 2 N–H and O–H groups in total. The molecule has 3 atom stereocenters. The summed E-state index contributed by atoms with van der Waals surface area (Å²) in [5.74, 6) is 0.204. The third kappa shape index (κ3) is 1.44. The predicted octanol–water partition coefficient (Wildman–Crippen LogP) is -0.728. The predicted molar refractivity (Wildman–Crippen MR) is 41.5 cm³/mol. The van der Waals surface area contributed by atoms with Crippen molar-refractivity contribution in [2.75, 3.05) is 13.2 Å². The number of hydrogen-bond acceptors (Lipinski definition) is 3. The summed E-state index contributed by atoms with van der Waals surface area (Å²) in [5, 5.41) is 11.9. The van der Waals surface area contributed by atoms with Crippen LogP contribution >= 0.6 is 0 Å². The average molecular weight is 171 g/mol. The normalized spacial score (nSPS) is 36.2.